The third-order valence-electron chi connectivity index (χ3n) is 4.13. The van der Waals surface area contributed by atoms with E-state index in [0.29, 0.717) is 24.2 Å². The van der Waals surface area contributed by atoms with Crippen molar-refractivity contribution in [3.8, 4) is 0 Å². The molecule has 1 atom stereocenters. The second-order valence-corrected chi connectivity index (χ2v) is 6.32. The number of methoxy groups -OCH3 is 1. The van der Waals surface area contributed by atoms with Crippen LogP contribution in [0.2, 0.25) is 0 Å². The van der Waals surface area contributed by atoms with E-state index < -0.39 is 5.97 Å². The van der Waals surface area contributed by atoms with Crippen molar-refractivity contribution in [1.29, 1.82) is 0 Å². The van der Waals surface area contributed by atoms with E-state index in [2.05, 4.69) is 10.1 Å². The van der Waals surface area contributed by atoms with Gasteiger partial charge >= 0.3 is 5.97 Å². The average molecular weight is 332 g/mol. The Morgan fingerprint density at radius 3 is 2.38 bits per heavy atom. The van der Waals surface area contributed by atoms with Gasteiger partial charge in [-0.05, 0) is 37.1 Å². The van der Waals surface area contributed by atoms with Crippen LogP contribution in [0.1, 0.15) is 47.4 Å². The van der Waals surface area contributed by atoms with Crippen molar-refractivity contribution in [3.63, 3.8) is 0 Å². The Kier molecular flexibility index (Phi) is 5.95. The molecule has 1 fully saturated rings. The number of ether oxygens (including phenoxy) is 1. The molecule has 2 rings (SSSR count). The van der Waals surface area contributed by atoms with Gasteiger partial charge in [-0.1, -0.05) is 13.8 Å². The van der Waals surface area contributed by atoms with E-state index >= 15 is 0 Å². The second kappa shape index (κ2) is 7.95. The average Bonchev–Trinajstić information content (AvgIpc) is 2.60. The summed E-state index contributed by atoms with van der Waals surface area (Å²) in [6.07, 6.45) is 1.73. The number of piperidine rings is 1. The summed E-state index contributed by atoms with van der Waals surface area (Å²) in [6.45, 7) is 4.88. The molecule has 1 aliphatic rings. The summed E-state index contributed by atoms with van der Waals surface area (Å²) in [7, 11) is 1.32. The molecule has 1 saturated heterocycles. The Hall–Kier alpha value is -2.37. The van der Waals surface area contributed by atoms with Crippen LogP contribution in [-0.4, -0.2) is 48.9 Å². The molecule has 0 spiro atoms. The molecule has 1 aliphatic heterocycles. The Morgan fingerprint density at radius 2 is 1.79 bits per heavy atom. The van der Waals surface area contributed by atoms with Crippen LogP contribution in [0, 0.1) is 5.92 Å². The lowest BCUT2D eigenvalue weighted by atomic mass is 10.0. The number of esters is 1. The maximum absolute atomic E-state index is 12.6. The number of amides is 2. The third kappa shape index (κ3) is 4.34. The molecule has 130 valence electrons. The highest BCUT2D eigenvalue weighted by molar-refractivity contribution is 5.96. The first kappa shape index (κ1) is 18.0. The number of nitrogens with zero attached hydrogens (tertiary/aromatic N) is 1. The predicted octanol–water partition coefficient (Wildman–Crippen LogP) is 1.85. The predicted molar refractivity (Wildman–Crippen MR) is 89.7 cm³/mol. The van der Waals surface area contributed by atoms with E-state index in [0.717, 1.165) is 12.8 Å². The van der Waals surface area contributed by atoms with Gasteiger partial charge in [0, 0.05) is 30.6 Å². The summed E-state index contributed by atoms with van der Waals surface area (Å²) in [5.74, 6) is -0.572. The van der Waals surface area contributed by atoms with Crippen molar-refractivity contribution in [2.45, 2.75) is 32.7 Å². The maximum atomic E-state index is 12.6. The van der Waals surface area contributed by atoms with E-state index in [9.17, 15) is 14.4 Å². The third-order valence-corrected chi connectivity index (χ3v) is 4.13. The number of carbonyl (C=O) groups is 3. The number of nitrogens with one attached hydrogen (secondary N) is 1. The molecule has 0 unspecified atom stereocenters. The van der Waals surface area contributed by atoms with E-state index in [-0.39, 0.29) is 23.8 Å². The van der Waals surface area contributed by atoms with Crippen molar-refractivity contribution in [2.75, 3.05) is 20.2 Å². The summed E-state index contributed by atoms with van der Waals surface area (Å²) in [4.78, 5) is 37.6. The van der Waals surface area contributed by atoms with Gasteiger partial charge in [-0.2, -0.15) is 0 Å². The Morgan fingerprint density at radius 1 is 1.17 bits per heavy atom. The van der Waals surface area contributed by atoms with E-state index in [1.165, 1.54) is 7.11 Å². The minimum absolute atomic E-state index is 0.00746. The fourth-order valence-corrected chi connectivity index (χ4v) is 2.70. The molecule has 1 heterocycles. The molecular weight excluding hydrogens is 308 g/mol. The van der Waals surface area contributed by atoms with Crippen LogP contribution in [0.15, 0.2) is 24.3 Å². The molecule has 24 heavy (non-hydrogen) atoms. The molecule has 1 aromatic carbocycles. The minimum atomic E-state index is -0.427. The van der Waals surface area contributed by atoms with Crippen molar-refractivity contribution in [1.82, 2.24) is 10.2 Å². The topological polar surface area (TPSA) is 75.7 Å². The van der Waals surface area contributed by atoms with Crippen molar-refractivity contribution in [3.05, 3.63) is 35.4 Å². The first-order valence-corrected chi connectivity index (χ1v) is 8.20. The highest BCUT2D eigenvalue weighted by Gasteiger charge is 2.26. The summed E-state index contributed by atoms with van der Waals surface area (Å²) in [5, 5.41) is 2.99. The maximum Gasteiger partial charge on any atom is 0.337 e. The lowest BCUT2D eigenvalue weighted by Gasteiger charge is -2.33. The van der Waals surface area contributed by atoms with Crippen LogP contribution in [-0.2, 0) is 9.53 Å². The standard InChI is InChI=1S/C18H24N2O4/c1-12(2)16(21)19-15-5-4-10-20(11-15)17(22)13-6-8-14(9-7-13)18(23)24-3/h6-9,12,15H,4-5,10-11H2,1-3H3,(H,19,21)/t15-/m1/s1. The van der Waals surface area contributed by atoms with Gasteiger partial charge in [-0.15, -0.1) is 0 Å². The quantitative estimate of drug-likeness (QED) is 0.854. The molecule has 2 amide bonds. The first-order chi connectivity index (χ1) is 11.4. The number of likely N-dealkylation sites (tertiary alicyclic amines) is 1. The van der Waals surface area contributed by atoms with Crippen LogP contribution in [0.25, 0.3) is 0 Å². The van der Waals surface area contributed by atoms with Crippen LogP contribution in [0.5, 0.6) is 0 Å². The number of benzene rings is 1. The fourth-order valence-electron chi connectivity index (χ4n) is 2.70. The number of carbonyl (C=O) groups excluding carboxylic acids is 3. The summed E-state index contributed by atoms with van der Waals surface area (Å²) in [5.41, 5.74) is 0.938. The lowest BCUT2D eigenvalue weighted by Crippen LogP contribution is -2.50. The van der Waals surface area contributed by atoms with Crippen LogP contribution >= 0.6 is 0 Å². The zero-order valence-corrected chi connectivity index (χ0v) is 14.4. The lowest BCUT2D eigenvalue weighted by molar-refractivity contribution is -0.125. The SMILES string of the molecule is COC(=O)c1ccc(C(=O)N2CCC[C@@H](NC(=O)C(C)C)C2)cc1. The normalized spacial score (nSPS) is 17.5. The molecular formula is C18H24N2O4. The largest absolute Gasteiger partial charge is 0.465 e. The van der Waals surface area contributed by atoms with Crippen LogP contribution in [0.3, 0.4) is 0 Å². The summed E-state index contributed by atoms with van der Waals surface area (Å²) >= 11 is 0. The van der Waals surface area contributed by atoms with E-state index in [1.807, 2.05) is 13.8 Å². The summed E-state index contributed by atoms with van der Waals surface area (Å²) < 4.78 is 4.65. The molecule has 0 aliphatic carbocycles. The Bertz CT molecular complexity index is 610. The molecule has 6 nitrogen and oxygen atoms in total. The van der Waals surface area contributed by atoms with Gasteiger partial charge in [0.2, 0.25) is 5.91 Å². The zero-order chi connectivity index (χ0) is 17.7. The molecule has 6 heteroatoms. The number of hydrogen-bond acceptors (Lipinski definition) is 4. The smallest absolute Gasteiger partial charge is 0.337 e. The number of hydrogen-bond donors (Lipinski definition) is 1. The fraction of sp³-hybridized carbons (Fsp3) is 0.500. The van der Waals surface area contributed by atoms with Crippen molar-refractivity contribution >= 4 is 17.8 Å². The molecule has 1 N–H and O–H groups in total. The van der Waals surface area contributed by atoms with Gasteiger partial charge in [-0.25, -0.2) is 4.79 Å². The second-order valence-electron chi connectivity index (χ2n) is 6.32. The summed E-state index contributed by atoms with van der Waals surface area (Å²) in [6, 6.07) is 6.42. The highest BCUT2D eigenvalue weighted by atomic mass is 16.5. The monoisotopic (exact) mass is 332 g/mol. The molecule has 0 bridgehead atoms. The Labute approximate surface area is 142 Å². The molecule has 0 saturated carbocycles. The van der Waals surface area contributed by atoms with Gasteiger partial charge < -0.3 is 15.0 Å². The van der Waals surface area contributed by atoms with Gasteiger partial charge in [0.1, 0.15) is 0 Å². The molecule has 0 radical (unpaired) electrons. The minimum Gasteiger partial charge on any atom is -0.465 e. The van der Waals surface area contributed by atoms with Crippen molar-refractivity contribution < 1.29 is 19.1 Å². The van der Waals surface area contributed by atoms with Gasteiger partial charge in [-0.3, -0.25) is 9.59 Å². The van der Waals surface area contributed by atoms with E-state index in [1.54, 1.807) is 29.2 Å². The molecule has 0 aromatic heterocycles. The van der Waals surface area contributed by atoms with Crippen molar-refractivity contribution in [2.24, 2.45) is 5.92 Å². The van der Waals surface area contributed by atoms with Gasteiger partial charge in [0.15, 0.2) is 0 Å². The van der Waals surface area contributed by atoms with Gasteiger partial charge in [0.05, 0.1) is 12.7 Å². The van der Waals surface area contributed by atoms with Gasteiger partial charge in [0.25, 0.3) is 5.91 Å². The van der Waals surface area contributed by atoms with Crippen LogP contribution in [0.4, 0.5) is 0 Å². The first-order valence-electron chi connectivity index (χ1n) is 8.20. The Balaban J connectivity index is 2.01. The van der Waals surface area contributed by atoms with E-state index in [4.69, 9.17) is 0 Å². The number of rotatable bonds is 4. The molecule has 1 aromatic rings. The highest BCUT2D eigenvalue weighted by Crippen LogP contribution is 2.15. The van der Waals surface area contributed by atoms with Crippen LogP contribution < -0.4 is 5.32 Å². The zero-order valence-electron chi connectivity index (χ0n) is 14.4.